The summed E-state index contributed by atoms with van der Waals surface area (Å²) in [6, 6.07) is 23.7. The molecule has 3 aromatic rings. The first-order chi connectivity index (χ1) is 17.3. The van der Waals surface area contributed by atoms with Crippen molar-refractivity contribution in [2.45, 2.75) is 73.5 Å². The van der Waals surface area contributed by atoms with Gasteiger partial charge >= 0.3 is 141 Å². The van der Waals surface area contributed by atoms with Crippen LogP contribution in [0.1, 0.15) is 96.0 Å². The molecule has 0 aliphatic heterocycles. The zero-order valence-electron chi connectivity index (χ0n) is 23.8. The van der Waals surface area contributed by atoms with Crippen LogP contribution in [0, 0.1) is 0 Å². The van der Waals surface area contributed by atoms with E-state index in [1.165, 1.54) is 39.0 Å². The molecule has 1 N–H and O–H groups in total. The maximum absolute atomic E-state index is 9.84. The van der Waals surface area contributed by atoms with Crippen LogP contribution in [0.2, 0.25) is 0 Å². The summed E-state index contributed by atoms with van der Waals surface area (Å²) in [4.78, 5) is 0. The molecule has 37 heavy (non-hydrogen) atoms. The Morgan fingerprint density at radius 2 is 1.14 bits per heavy atom. The summed E-state index contributed by atoms with van der Waals surface area (Å²) in [5, 5.41) is 9.84. The van der Waals surface area contributed by atoms with E-state index in [2.05, 4.69) is 122 Å². The summed E-state index contributed by atoms with van der Waals surface area (Å²) in [5.74, 6) is 0.399. The van der Waals surface area contributed by atoms with Crippen molar-refractivity contribution in [3.8, 4) is 5.75 Å². The predicted octanol–water partition coefficient (Wildman–Crippen LogP) is 9.34. The average Bonchev–Trinajstić information content (AvgIpc) is 3.33. The molecule has 192 valence electrons. The van der Waals surface area contributed by atoms with Crippen LogP contribution in [0.15, 0.2) is 77.9 Å². The minimum atomic E-state index is -1.96. The van der Waals surface area contributed by atoms with Gasteiger partial charge in [0.1, 0.15) is 5.75 Å². The average molecular weight is 570 g/mol. The number of benzene rings is 3. The quantitative estimate of drug-likeness (QED) is 0.326. The summed E-state index contributed by atoms with van der Waals surface area (Å²) < 4.78 is 6.06. The van der Waals surface area contributed by atoms with E-state index < -0.39 is 21.3 Å². The van der Waals surface area contributed by atoms with E-state index in [4.69, 9.17) is 4.21 Å². The van der Waals surface area contributed by atoms with E-state index in [1.54, 1.807) is 6.07 Å². The molecular weight excluding hydrogens is 528 g/mol. The first-order valence-electron chi connectivity index (χ1n) is 13.4. The van der Waals surface area contributed by atoms with Crippen molar-refractivity contribution >= 4 is 16.4 Å². The van der Waals surface area contributed by atoms with Crippen molar-refractivity contribution < 1.29 is 26.4 Å². The van der Waals surface area contributed by atoms with Crippen molar-refractivity contribution in [1.82, 2.24) is 0 Å². The van der Waals surface area contributed by atoms with E-state index in [0.717, 1.165) is 5.56 Å². The fraction of sp³-hybridized carbons (Fsp3) is 0.343. The Morgan fingerprint density at radius 1 is 0.676 bits per heavy atom. The fourth-order valence-corrected chi connectivity index (χ4v) is 13.1. The number of rotatable bonds is 2. The molecule has 5 rings (SSSR count). The number of hydrogen-bond acceptors (Lipinski definition) is 1. The molecule has 0 bridgehead atoms. The Labute approximate surface area is 232 Å². The van der Waals surface area contributed by atoms with Gasteiger partial charge in [-0.05, 0) is 28.0 Å². The van der Waals surface area contributed by atoms with Crippen molar-refractivity contribution in [2.24, 2.45) is 0 Å². The summed E-state index contributed by atoms with van der Waals surface area (Å²) in [7, 11) is 0. The molecule has 2 unspecified atom stereocenters. The number of hydrogen-bond donors (Lipinski definition) is 1. The van der Waals surface area contributed by atoms with Gasteiger partial charge < -0.3 is 5.11 Å². The van der Waals surface area contributed by atoms with Gasteiger partial charge in [-0.15, -0.1) is 0 Å². The standard InChI is InChI=1S/C14H22O.2C10H9.CH2.Zr/c1-13(2,3)10-7-8-12(15)11(9-10)14(4,5)6;2*1-8-6-9-4-2-3-5-10(9)7-8;;/h7-9,15H,1-6H3;2*2-7H,1H3;1H2;. The third kappa shape index (κ3) is 5.75. The van der Waals surface area contributed by atoms with Gasteiger partial charge in [-0.1, -0.05) is 53.7 Å². The van der Waals surface area contributed by atoms with Gasteiger partial charge in [-0.3, -0.25) is 0 Å². The monoisotopic (exact) mass is 568 g/mol. The van der Waals surface area contributed by atoms with Gasteiger partial charge in [0, 0.05) is 0 Å². The van der Waals surface area contributed by atoms with E-state index in [9.17, 15) is 5.11 Å². The Kier molecular flexibility index (Phi) is 7.83. The Bertz CT molecular complexity index is 1320. The first kappa shape index (κ1) is 27.7. The van der Waals surface area contributed by atoms with E-state index >= 15 is 0 Å². The van der Waals surface area contributed by atoms with Crippen LogP contribution in [0.4, 0.5) is 0 Å². The van der Waals surface area contributed by atoms with Crippen molar-refractivity contribution in [3.05, 3.63) is 111 Å². The van der Waals surface area contributed by atoms with Gasteiger partial charge in [0.05, 0.1) is 0 Å². The molecule has 0 heterocycles. The van der Waals surface area contributed by atoms with Crippen molar-refractivity contribution in [2.75, 3.05) is 0 Å². The van der Waals surface area contributed by atoms with Gasteiger partial charge in [-0.2, -0.15) is 0 Å². The van der Waals surface area contributed by atoms with Gasteiger partial charge in [0.25, 0.3) is 0 Å². The molecule has 2 heteroatoms. The number of allylic oxidation sites excluding steroid dienone is 2. The third-order valence-corrected chi connectivity index (χ3v) is 15.1. The van der Waals surface area contributed by atoms with E-state index in [1.807, 2.05) is 6.07 Å². The second-order valence-corrected chi connectivity index (χ2v) is 18.4. The topological polar surface area (TPSA) is 20.2 Å². The zero-order valence-corrected chi connectivity index (χ0v) is 26.3. The van der Waals surface area contributed by atoms with Crippen LogP contribution in [-0.2, 0) is 32.1 Å². The first-order valence-corrected chi connectivity index (χ1v) is 17.9. The van der Waals surface area contributed by atoms with Crippen LogP contribution < -0.4 is 0 Å². The maximum atomic E-state index is 9.84. The van der Waals surface area contributed by atoms with Gasteiger partial charge in [0.15, 0.2) is 0 Å². The summed E-state index contributed by atoms with van der Waals surface area (Å²) in [5.41, 5.74) is 11.4. The molecule has 3 aromatic carbocycles. The Hall–Kier alpha value is -2.31. The van der Waals surface area contributed by atoms with E-state index in [0.29, 0.717) is 13.0 Å². The predicted molar refractivity (Wildman–Crippen MR) is 158 cm³/mol. The SMILES string of the molecule is CC(C)(C)c1ccc(O)c(C(C)(C)C)c1.[CH2]=[Zr]([CH]1C(C)=Cc2ccccc21)[CH]1C(C)=Cc2ccccc21. The van der Waals surface area contributed by atoms with Crippen LogP contribution in [0.5, 0.6) is 5.75 Å². The van der Waals surface area contributed by atoms with Crippen molar-refractivity contribution in [3.63, 3.8) is 0 Å². The van der Waals surface area contributed by atoms with Crippen LogP contribution in [-0.4, -0.2) is 9.32 Å². The molecule has 0 spiro atoms. The van der Waals surface area contributed by atoms with Crippen LogP contribution in [0.25, 0.3) is 12.2 Å². The molecule has 0 radical (unpaired) electrons. The molecular formula is C35H42OZr. The molecule has 1 nitrogen and oxygen atoms in total. The fourth-order valence-electron chi connectivity index (χ4n) is 5.71. The summed E-state index contributed by atoms with van der Waals surface area (Å²) in [6.07, 6.45) is 4.76. The second-order valence-electron chi connectivity index (χ2n) is 12.7. The van der Waals surface area contributed by atoms with Gasteiger partial charge in [0.2, 0.25) is 0 Å². The molecule has 2 atom stereocenters. The van der Waals surface area contributed by atoms with Gasteiger partial charge in [-0.25, -0.2) is 0 Å². The molecule has 0 saturated heterocycles. The molecule has 2 aliphatic carbocycles. The Balaban J connectivity index is 0.000000188. The minimum absolute atomic E-state index is 0.00859. The van der Waals surface area contributed by atoms with Crippen LogP contribution >= 0.6 is 0 Å². The number of phenols is 1. The molecule has 2 aliphatic rings. The molecule has 0 aromatic heterocycles. The molecule has 0 saturated carbocycles. The number of fused-ring (bicyclic) bond motifs is 2. The molecule has 0 fully saturated rings. The normalized spacial score (nSPS) is 18.3. The zero-order chi connectivity index (χ0) is 27.1. The summed E-state index contributed by atoms with van der Waals surface area (Å²) in [6.45, 7) is 17.5. The molecule has 0 amide bonds. The Morgan fingerprint density at radius 3 is 1.57 bits per heavy atom. The van der Waals surface area contributed by atoms with Crippen LogP contribution in [0.3, 0.4) is 0 Å². The van der Waals surface area contributed by atoms with Crippen molar-refractivity contribution in [1.29, 1.82) is 0 Å². The number of phenolic OH excluding ortho intramolecular Hbond substituents is 1. The summed E-state index contributed by atoms with van der Waals surface area (Å²) >= 11 is -1.96. The second kappa shape index (κ2) is 10.5. The van der Waals surface area contributed by atoms with E-state index in [-0.39, 0.29) is 10.8 Å². The number of aromatic hydroxyl groups is 1. The third-order valence-electron chi connectivity index (χ3n) is 7.70.